The second-order valence-electron chi connectivity index (χ2n) is 3.50. The summed E-state index contributed by atoms with van der Waals surface area (Å²) >= 11 is 1.18. The summed E-state index contributed by atoms with van der Waals surface area (Å²) in [6.45, 7) is 0.133. The van der Waals surface area contributed by atoms with E-state index in [1.54, 1.807) is 0 Å². The standard InChI is InChI=1S/C9H10N4O4S2/c14-9(15)6-4-18-7(13-6)1-2-12-19(16,17)8-3-10-5-11-8/h3-5,12H,1-2H2,(H,10,11)(H,14,15). The van der Waals surface area contributed by atoms with Crippen molar-refractivity contribution < 1.29 is 18.3 Å². The number of hydrogen-bond donors (Lipinski definition) is 3. The zero-order valence-electron chi connectivity index (χ0n) is 9.53. The van der Waals surface area contributed by atoms with Gasteiger partial charge in [-0.15, -0.1) is 11.3 Å². The lowest BCUT2D eigenvalue weighted by molar-refractivity contribution is 0.0691. The summed E-state index contributed by atoms with van der Waals surface area (Å²) in [5.41, 5.74) is -0.0311. The first-order valence-corrected chi connectivity index (χ1v) is 7.51. The topological polar surface area (TPSA) is 125 Å². The number of imidazole rings is 1. The van der Waals surface area contributed by atoms with Gasteiger partial charge in [0.15, 0.2) is 10.7 Å². The number of carboxylic acid groups (broad SMARTS) is 1. The molecule has 0 saturated carbocycles. The van der Waals surface area contributed by atoms with E-state index in [-0.39, 0.29) is 17.3 Å². The van der Waals surface area contributed by atoms with Crippen LogP contribution in [0.5, 0.6) is 0 Å². The minimum atomic E-state index is -3.60. The fraction of sp³-hybridized carbons (Fsp3) is 0.222. The molecule has 8 nitrogen and oxygen atoms in total. The van der Waals surface area contributed by atoms with Crippen LogP contribution in [0.2, 0.25) is 0 Å². The molecule has 0 aliphatic carbocycles. The van der Waals surface area contributed by atoms with Gasteiger partial charge in [-0.1, -0.05) is 0 Å². The Morgan fingerprint density at radius 2 is 2.32 bits per heavy atom. The Morgan fingerprint density at radius 1 is 1.53 bits per heavy atom. The van der Waals surface area contributed by atoms with Crippen LogP contribution < -0.4 is 4.72 Å². The van der Waals surface area contributed by atoms with Crippen LogP contribution in [0.4, 0.5) is 0 Å². The van der Waals surface area contributed by atoms with Crippen LogP contribution in [0.1, 0.15) is 15.5 Å². The van der Waals surface area contributed by atoms with Crippen LogP contribution in [0.25, 0.3) is 0 Å². The number of aromatic carboxylic acids is 1. The van der Waals surface area contributed by atoms with E-state index in [4.69, 9.17) is 5.11 Å². The average Bonchev–Trinajstić information content (AvgIpc) is 3.00. The van der Waals surface area contributed by atoms with Crippen molar-refractivity contribution in [2.75, 3.05) is 6.54 Å². The molecule has 0 amide bonds. The van der Waals surface area contributed by atoms with Crippen molar-refractivity contribution in [3.8, 4) is 0 Å². The largest absolute Gasteiger partial charge is 0.476 e. The third-order valence-corrected chi connectivity index (χ3v) is 4.46. The summed E-state index contributed by atoms with van der Waals surface area (Å²) < 4.78 is 25.8. The van der Waals surface area contributed by atoms with Crippen LogP contribution in [0, 0.1) is 0 Å². The smallest absolute Gasteiger partial charge is 0.355 e. The number of rotatable bonds is 6. The summed E-state index contributed by atoms with van der Waals surface area (Å²) in [6.07, 6.45) is 2.80. The predicted octanol–water partition coefficient (Wildman–Crippen LogP) is 0.0854. The lowest BCUT2D eigenvalue weighted by atomic mass is 10.4. The van der Waals surface area contributed by atoms with Crippen LogP contribution in [0.3, 0.4) is 0 Å². The highest BCUT2D eigenvalue weighted by molar-refractivity contribution is 7.89. The highest BCUT2D eigenvalue weighted by atomic mass is 32.2. The molecular weight excluding hydrogens is 292 g/mol. The van der Waals surface area contributed by atoms with Crippen molar-refractivity contribution in [2.24, 2.45) is 0 Å². The Balaban J connectivity index is 1.91. The van der Waals surface area contributed by atoms with E-state index in [0.29, 0.717) is 11.4 Å². The van der Waals surface area contributed by atoms with E-state index >= 15 is 0 Å². The highest BCUT2D eigenvalue weighted by Crippen LogP contribution is 2.10. The van der Waals surface area contributed by atoms with Gasteiger partial charge in [0.25, 0.3) is 10.0 Å². The first kappa shape index (κ1) is 13.6. The maximum absolute atomic E-state index is 11.7. The van der Waals surface area contributed by atoms with Crippen LogP contribution in [0.15, 0.2) is 22.9 Å². The van der Waals surface area contributed by atoms with Crippen molar-refractivity contribution in [3.63, 3.8) is 0 Å². The second kappa shape index (κ2) is 5.47. The zero-order valence-corrected chi connectivity index (χ0v) is 11.2. The number of thiazole rings is 1. The van der Waals surface area contributed by atoms with E-state index in [1.165, 1.54) is 29.2 Å². The van der Waals surface area contributed by atoms with Gasteiger partial charge < -0.3 is 10.1 Å². The molecule has 0 bridgehead atoms. The van der Waals surface area contributed by atoms with Gasteiger partial charge >= 0.3 is 5.97 Å². The Kier molecular flexibility index (Phi) is 3.93. The third-order valence-electron chi connectivity index (χ3n) is 2.16. The van der Waals surface area contributed by atoms with E-state index in [1.807, 2.05) is 0 Å². The minimum Gasteiger partial charge on any atom is -0.476 e. The number of nitrogens with one attached hydrogen (secondary N) is 2. The first-order valence-electron chi connectivity index (χ1n) is 5.15. The van der Waals surface area contributed by atoms with E-state index < -0.39 is 16.0 Å². The summed E-state index contributed by atoms with van der Waals surface area (Å²) in [7, 11) is -3.60. The molecule has 102 valence electrons. The molecule has 0 aliphatic rings. The predicted molar refractivity (Wildman–Crippen MR) is 66.6 cm³/mol. The molecule has 0 spiro atoms. The summed E-state index contributed by atoms with van der Waals surface area (Å²) in [5.74, 6) is -1.10. The van der Waals surface area contributed by atoms with Gasteiger partial charge in [0.1, 0.15) is 0 Å². The van der Waals surface area contributed by atoms with Crippen molar-refractivity contribution >= 4 is 27.3 Å². The van der Waals surface area contributed by atoms with Gasteiger partial charge in [-0.05, 0) is 0 Å². The number of nitrogens with zero attached hydrogens (tertiary/aromatic N) is 2. The van der Waals surface area contributed by atoms with Crippen LogP contribution >= 0.6 is 11.3 Å². The number of aromatic amines is 1. The Morgan fingerprint density at radius 3 is 2.89 bits per heavy atom. The number of sulfonamides is 1. The first-order chi connectivity index (χ1) is 8.99. The quantitative estimate of drug-likeness (QED) is 0.694. The molecule has 0 unspecified atom stereocenters. The van der Waals surface area contributed by atoms with Crippen molar-refractivity contribution in [1.82, 2.24) is 19.7 Å². The monoisotopic (exact) mass is 302 g/mol. The van der Waals surface area contributed by atoms with Gasteiger partial charge in [-0.25, -0.2) is 27.9 Å². The zero-order chi connectivity index (χ0) is 13.9. The molecule has 19 heavy (non-hydrogen) atoms. The Bertz CT molecular complexity index is 662. The number of carbonyl (C=O) groups is 1. The number of carboxylic acids is 1. The number of hydrogen-bond acceptors (Lipinski definition) is 6. The third kappa shape index (κ3) is 3.36. The molecule has 10 heteroatoms. The van der Waals surface area contributed by atoms with Crippen LogP contribution in [-0.2, 0) is 16.4 Å². The average molecular weight is 302 g/mol. The van der Waals surface area contributed by atoms with Gasteiger partial charge in [-0.2, -0.15) is 0 Å². The van der Waals surface area contributed by atoms with Crippen molar-refractivity contribution in [3.05, 3.63) is 28.6 Å². The van der Waals surface area contributed by atoms with E-state index in [9.17, 15) is 13.2 Å². The van der Waals surface area contributed by atoms with Crippen molar-refractivity contribution in [1.29, 1.82) is 0 Å². The summed E-state index contributed by atoms with van der Waals surface area (Å²) in [4.78, 5) is 20.6. The molecule has 2 aromatic rings. The maximum Gasteiger partial charge on any atom is 0.355 e. The molecular formula is C9H10N4O4S2. The van der Waals surface area contributed by atoms with Gasteiger partial charge in [0.2, 0.25) is 0 Å². The molecule has 0 radical (unpaired) electrons. The lowest BCUT2D eigenvalue weighted by Gasteiger charge is -2.02. The molecule has 0 saturated heterocycles. The maximum atomic E-state index is 11.7. The Labute approximate surface area is 112 Å². The molecule has 2 heterocycles. The summed E-state index contributed by atoms with van der Waals surface area (Å²) in [6, 6.07) is 0. The molecule has 2 aromatic heterocycles. The molecule has 2 rings (SSSR count). The van der Waals surface area contributed by atoms with E-state index in [0.717, 1.165) is 0 Å². The fourth-order valence-corrected chi connectivity index (χ4v) is 2.99. The number of aromatic nitrogens is 3. The van der Waals surface area contributed by atoms with Crippen LogP contribution in [-0.4, -0.2) is 41.0 Å². The number of H-pyrrole nitrogens is 1. The SMILES string of the molecule is O=C(O)c1csc(CCNS(=O)(=O)c2cnc[nH]2)n1. The highest BCUT2D eigenvalue weighted by Gasteiger charge is 2.15. The second-order valence-corrected chi connectivity index (χ2v) is 6.17. The fourth-order valence-electron chi connectivity index (χ4n) is 1.28. The van der Waals surface area contributed by atoms with Gasteiger partial charge in [0.05, 0.1) is 17.5 Å². The normalized spacial score (nSPS) is 11.6. The molecule has 3 N–H and O–H groups in total. The molecule has 0 aromatic carbocycles. The van der Waals surface area contributed by atoms with Gasteiger partial charge in [0, 0.05) is 18.3 Å². The van der Waals surface area contributed by atoms with E-state index in [2.05, 4.69) is 19.7 Å². The molecule has 0 atom stereocenters. The minimum absolute atomic E-state index is 0.0159. The van der Waals surface area contributed by atoms with Gasteiger partial charge in [-0.3, -0.25) is 0 Å². The van der Waals surface area contributed by atoms with Crippen molar-refractivity contribution in [2.45, 2.75) is 11.4 Å². The molecule has 0 aliphatic heterocycles. The lowest BCUT2D eigenvalue weighted by Crippen LogP contribution is -2.26. The Hall–Kier alpha value is -1.78. The summed E-state index contributed by atoms with van der Waals surface area (Å²) in [5, 5.41) is 10.7. The molecule has 0 fully saturated rings.